The van der Waals surface area contributed by atoms with Gasteiger partial charge in [-0.2, -0.15) is 0 Å². The number of allylic oxidation sites excluding steroid dienone is 1. The van der Waals surface area contributed by atoms with Crippen LogP contribution >= 0.6 is 0 Å². The van der Waals surface area contributed by atoms with Crippen LogP contribution in [-0.2, 0) is 9.47 Å². The van der Waals surface area contributed by atoms with Crippen molar-refractivity contribution in [2.45, 2.75) is 12.5 Å². The average molecular weight is 265 g/mol. The average Bonchev–Trinajstić information content (AvgIpc) is 2.40. The van der Waals surface area contributed by atoms with Gasteiger partial charge < -0.3 is 18.9 Å². The summed E-state index contributed by atoms with van der Waals surface area (Å²) in [5.41, 5.74) is -0.300. The lowest BCUT2D eigenvalue weighted by atomic mass is 10.2. The van der Waals surface area contributed by atoms with E-state index in [1.54, 1.807) is 13.2 Å². The molecule has 0 saturated heterocycles. The number of ether oxygens (including phenoxy) is 4. The summed E-state index contributed by atoms with van der Waals surface area (Å²) in [6, 6.07) is 5.57. The van der Waals surface area contributed by atoms with E-state index in [1.807, 2.05) is 31.2 Å². The fourth-order valence-corrected chi connectivity index (χ4v) is 1.49. The van der Waals surface area contributed by atoms with Gasteiger partial charge in [0.1, 0.15) is 0 Å². The minimum atomic E-state index is -1.32. The van der Waals surface area contributed by atoms with Gasteiger partial charge in [-0.3, -0.25) is 0 Å². The molecule has 0 aliphatic rings. The van der Waals surface area contributed by atoms with Crippen molar-refractivity contribution in [1.82, 2.24) is 0 Å². The summed E-state index contributed by atoms with van der Waals surface area (Å²) in [5.74, 6) is 1.12. The number of rotatable bonds is 6. The van der Waals surface area contributed by atoms with E-state index < -0.39 is 5.60 Å². The van der Waals surface area contributed by atoms with Crippen molar-refractivity contribution in [2.24, 2.45) is 0 Å². The quantitative estimate of drug-likeness (QED) is 0.583. The van der Waals surface area contributed by atoms with Gasteiger partial charge in [0.2, 0.25) is 0 Å². The van der Waals surface area contributed by atoms with Crippen LogP contribution in [0.25, 0.3) is 6.08 Å². The van der Waals surface area contributed by atoms with Gasteiger partial charge in [0.25, 0.3) is 5.60 Å². The monoisotopic (exact) mass is 265 g/mol. The predicted molar refractivity (Wildman–Crippen MR) is 70.8 cm³/mol. The molecule has 0 fully saturated rings. The minimum Gasteiger partial charge on any atom is -0.493 e. The fraction of sp³-hybridized carbons (Fsp3) is 0.385. The summed E-state index contributed by atoms with van der Waals surface area (Å²) < 4.78 is 21.0. The van der Waals surface area contributed by atoms with Crippen molar-refractivity contribution in [3.63, 3.8) is 0 Å². The maximum Gasteiger partial charge on any atom is 0.289 e. The number of methoxy groups -OCH3 is 3. The predicted octanol–water partition coefficient (Wildman–Crippen LogP) is 2.18. The minimum absolute atomic E-state index is 0.518. The molecule has 18 heavy (non-hydrogen) atoms. The van der Waals surface area contributed by atoms with Crippen LogP contribution < -0.4 is 9.47 Å². The largest absolute Gasteiger partial charge is 0.493 e. The summed E-state index contributed by atoms with van der Waals surface area (Å²) in [4.78, 5) is 0. The normalized spacial score (nSPS) is 11.8. The third kappa shape index (κ3) is 3.59. The zero-order chi connectivity index (χ0) is 13.6. The first-order chi connectivity index (χ1) is 8.58. The van der Waals surface area contributed by atoms with E-state index in [4.69, 9.17) is 18.9 Å². The zero-order valence-corrected chi connectivity index (χ0v) is 12.0. The van der Waals surface area contributed by atoms with Gasteiger partial charge in [-0.15, -0.1) is 0 Å². The molecule has 0 spiro atoms. The highest BCUT2D eigenvalue weighted by Gasteiger charge is 2.26. The summed E-state index contributed by atoms with van der Waals surface area (Å²) in [7, 11) is 7.77. The molecule has 4 nitrogen and oxygen atoms in total. The lowest BCUT2D eigenvalue weighted by Crippen LogP contribution is -2.40. The van der Waals surface area contributed by atoms with Crippen molar-refractivity contribution in [3.8, 4) is 11.5 Å². The molecule has 1 aromatic carbocycles. The Kier molecular flexibility index (Phi) is 5.40. The van der Waals surface area contributed by atoms with Crippen molar-refractivity contribution in [3.05, 3.63) is 29.8 Å². The molecule has 3 radical (unpaired) electrons. The van der Waals surface area contributed by atoms with E-state index in [1.165, 1.54) is 14.2 Å². The van der Waals surface area contributed by atoms with Gasteiger partial charge in [0.15, 0.2) is 21.7 Å². The SMILES string of the molecule is C/C=C\c1ccc(OC([Si])(OC)OC)c(OC)c1. The molecule has 0 aliphatic carbocycles. The van der Waals surface area contributed by atoms with Gasteiger partial charge in [0.05, 0.1) is 7.11 Å². The Morgan fingerprint density at radius 3 is 2.28 bits per heavy atom. The molecule has 0 N–H and O–H groups in total. The molecule has 5 heteroatoms. The van der Waals surface area contributed by atoms with Crippen molar-refractivity contribution in [2.75, 3.05) is 21.3 Å². The molecule has 0 atom stereocenters. The van der Waals surface area contributed by atoms with E-state index in [9.17, 15) is 0 Å². The van der Waals surface area contributed by atoms with Crippen molar-refractivity contribution in [1.29, 1.82) is 0 Å². The second-order valence-corrected chi connectivity index (χ2v) is 4.09. The molecule has 0 heterocycles. The molecular weight excluding hydrogens is 248 g/mol. The van der Waals surface area contributed by atoms with E-state index in [0.717, 1.165) is 5.56 Å². The van der Waals surface area contributed by atoms with E-state index >= 15 is 0 Å². The number of benzene rings is 1. The molecule has 0 saturated carbocycles. The second-order valence-electron chi connectivity index (χ2n) is 3.48. The summed E-state index contributed by atoms with van der Waals surface area (Å²) in [6.45, 7) is 1.95. The molecular formula is C13H17O4Si. The maximum atomic E-state index is 5.58. The van der Waals surface area contributed by atoms with Crippen LogP contribution in [0.5, 0.6) is 11.5 Å². The van der Waals surface area contributed by atoms with Crippen LogP contribution in [0.2, 0.25) is 0 Å². The van der Waals surface area contributed by atoms with Crippen LogP contribution in [0.1, 0.15) is 12.5 Å². The van der Waals surface area contributed by atoms with Crippen LogP contribution in [0.15, 0.2) is 24.3 Å². The van der Waals surface area contributed by atoms with Crippen molar-refractivity contribution >= 4 is 16.3 Å². The van der Waals surface area contributed by atoms with Crippen LogP contribution in [0.3, 0.4) is 0 Å². The highest BCUT2D eigenvalue weighted by molar-refractivity contribution is 6.12. The number of hydrogen-bond acceptors (Lipinski definition) is 4. The first-order valence-corrected chi connectivity index (χ1v) is 5.93. The highest BCUT2D eigenvalue weighted by Crippen LogP contribution is 2.31. The van der Waals surface area contributed by atoms with Crippen LogP contribution in [-0.4, -0.2) is 37.2 Å². The van der Waals surface area contributed by atoms with Crippen LogP contribution in [0.4, 0.5) is 0 Å². The van der Waals surface area contributed by atoms with Crippen LogP contribution in [0, 0.1) is 0 Å². The zero-order valence-electron chi connectivity index (χ0n) is 11.0. The molecule has 1 aromatic rings. The Morgan fingerprint density at radius 2 is 1.78 bits per heavy atom. The second kappa shape index (κ2) is 6.58. The summed E-state index contributed by atoms with van der Waals surface area (Å²) >= 11 is 0. The van der Waals surface area contributed by atoms with E-state index in [2.05, 4.69) is 10.2 Å². The molecule has 0 unspecified atom stereocenters. The standard InChI is InChI=1S/C13H17O4Si/c1-5-6-10-7-8-11(12(9-10)14-2)17-13(18,15-3)16-4/h5-9H,1-4H3/b6-5-. The molecule has 0 bridgehead atoms. The Labute approximate surface area is 111 Å². The molecule has 97 valence electrons. The third-order valence-corrected chi connectivity index (χ3v) is 2.84. The molecule has 0 amide bonds. The van der Waals surface area contributed by atoms with Gasteiger partial charge in [0, 0.05) is 14.2 Å². The first kappa shape index (κ1) is 14.8. The lowest BCUT2D eigenvalue weighted by Gasteiger charge is -2.27. The van der Waals surface area contributed by atoms with Crippen molar-refractivity contribution < 1.29 is 18.9 Å². The summed E-state index contributed by atoms with van der Waals surface area (Å²) in [6.07, 6.45) is 3.92. The third-order valence-electron chi connectivity index (χ3n) is 2.33. The maximum absolute atomic E-state index is 5.58. The molecule has 0 aliphatic heterocycles. The highest BCUT2D eigenvalue weighted by atomic mass is 28.1. The van der Waals surface area contributed by atoms with E-state index in [0.29, 0.717) is 11.5 Å². The molecule has 1 rings (SSSR count). The molecule has 0 aromatic heterocycles. The number of hydrogen-bond donors (Lipinski definition) is 0. The fourth-order valence-electron chi connectivity index (χ4n) is 1.38. The van der Waals surface area contributed by atoms with Gasteiger partial charge in [-0.05, 0) is 24.6 Å². The Morgan fingerprint density at radius 1 is 1.11 bits per heavy atom. The smallest absolute Gasteiger partial charge is 0.289 e. The van der Waals surface area contributed by atoms with E-state index in [-0.39, 0.29) is 0 Å². The Bertz CT molecular complexity index is 413. The lowest BCUT2D eigenvalue weighted by molar-refractivity contribution is -0.259. The Hall–Kier alpha value is -1.30. The van der Waals surface area contributed by atoms with Gasteiger partial charge in [-0.25, -0.2) is 0 Å². The Balaban J connectivity index is 3.02. The topological polar surface area (TPSA) is 36.9 Å². The van der Waals surface area contributed by atoms with Gasteiger partial charge in [-0.1, -0.05) is 18.2 Å². The van der Waals surface area contributed by atoms with Gasteiger partial charge >= 0.3 is 0 Å². The summed E-state index contributed by atoms with van der Waals surface area (Å²) in [5, 5.41) is 0. The first-order valence-electron chi connectivity index (χ1n) is 5.43.